The van der Waals surface area contributed by atoms with Crippen molar-refractivity contribution in [2.75, 3.05) is 34.0 Å². The van der Waals surface area contributed by atoms with Gasteiger partial charge in [-0.15, -0.1) is 0 Å². The number of nitrogens with one attached hydrogen (secondary N) is 4. The number of aromatic amines is 2. The van der Waals surface area contributed by atoms with Gasteiger partial charge in [0.15, 0.2) is 0 Å². The van der Waals surface area contributed by atoms with Gasteiger partial charge in [0.1, 0.15) is 30.0 Å². The number of H-pyrrole nitrogens is 2. The van der Waals surface area contributed by atoms with Gasteiger partial charge in [0.25, 0.3) is 0 Å². The van der Waals surface area contributed by atoms with Crippen molar-refractivity contribution in [1.82, 2.24) is 40.4 Å². The van der Waals surface area contributed by atoms with Gasteiger partial charge in [0, 0.05) is 48.8 Å². The molecule has 0 bridgehead atoms. The van der Waals surface area contributed by atoms with Crippen molar-refractivity contribution >= 4 is 39.9 Å². The first-order chi connectivity index (χ1) is 31.6. The summed E-state index contributed by atoms with van der Waals surface area (Å²) in [5, 5.41) is 8.02. The number of hydrogen-bond donors (Lipinski definition) is 4. The quantitative estimate of drug-likeness (QED) is 0.101. The Hall–Kier alpha value is -5.67. The molecule has 65 heavy (non-hydrogen) atoms. The molecule has 15 heteroatoms. The number of imidazole rings is 2. The van der Waals surface area contributed by atoms with Crippen molar-refractivity contribution < 1.29 is 33.3 Å². The zero-order valence-electron chi connectivity index (χ0n) is 38.2. The lowest BCUT2D eigenvalue weighted by atomic mass is 9.91. The van der Waals surface area contributed by atoms with Crippen LogP contribution in [-0.2, 0) is 25.6 Å². The summed E-state index contributed by atoms with van der Waals surface area (Å²) in [6.07, 6.45) is 9.82. The third-order valence-corrected chi connectivity index (χ3v) is 15.2. The molecule has 4 N–H and O–H groups in total. The van der Waals surface area contributed by atoms with Crippen LogP contribution in [0.15, 0.2) is 48.7 Å². The fourth-order valence-electron chi connectivity index (χ4n) is 11.8. The van der Waals surface area contributed by atoms with Gasteiger partial charge in [-0.1, -0.05) is 45.4 Å². The molecule has 5 aliphatic rings. The van der Waals surface area contributed by atoms with E-state index in [1.165, 1.54) is 14.2 Å². The molecule has 3 saturated heterocycles. The van der Waals surface area contributed by atoms with Gasteiger partial charge < -0.3 is 44.4 Å². The lowest BCUT2D eigenvalue weighted by Gasteiger charge is -2.37. The summed E-state index contributed by atoms with van der Waals surface area (Å²) in [6, 6.07) is 14.7. The third kappa shape index (κ3) is 8.08. The van der Waals surface area contributed by atoms with Gasteiger partial charge >= 0.3 is 12.2 Å². The van der Waals surface area contributed by atoms with Crippen LogP contribution in [-0.4, -0.2) is 106 Å². The summed E-state index contributed by atoms with van der Waals surface area (Å²) in [7, 11) is 2.75. The summed E-state index contributed by atoms with van der Waals surface area (Å²) in [5.74, 6) is 3.05. The molecule has 4 fully saturated rings. The van der Waals surface area contributed by atoms with E-state index in [-0.39, 0.29) is 42.1 Å². The van der Waals surface area contributed by atoms with Crippen molar-refractivity contribution in [1.29, 1.82) is 0 Å². The van der Waals surface area contributed by atoms with Gasteiger partial charge in [0.2, 0.25) is 5.91 Å². The van der Waals surface area contributed by atoms with Crippen LogP contribution in [0.4, 0.5) is 9.59 Å². The van der Waals surface area contributed by atoms with E-state index >= 15 is 0 Å². The maximum absolute atomic E-state index is 14.3. The lowest BCUT2D eigenvalue weighted by molar-refractivity contribution is -0.137. The van der Waals surface area contributed by atoms with Crippen molar-refractivity contribution in [3.8, 4) is 28.1 Å². The molecular weight excluding hydrogens is 825 g/mol. The average Bonchev–Trinajstić information content (AvgIpc) is 4.18. The van der Waals surface area contributed by atoms with E-state index in [9.17, 15) is 14.4 Å². The number of carbonyl (C=O) groups is 3. The van der Waals surface area contributed by atoms with Gasteiger partial charge in [-0.3, -0.25) is 9.69 Å². The van der Waals surface area contributed by atoms with Crippen molar-refractivity contribution in [3.63, 3.8) is 0 Å². The maximum atomic E-state index is 14.3. The highest BCUT2D eigenvalue weighted by atomic mass is 16.5. The molecule has 5 aromatic rings. The SMILES string of the molecule is CC[C@H]1CC[C@@H](c2ncc(-c3ccc4c(c3)COc3cc5c(ccc6[nH]c([C@@H]7C[C@@H]8CCC[C@@H]8N7C(=O)[C@@H](NC(=O)OC)C(C)C)nc65)cc3-4)[nH]2)N1C[C@@H](NC(=O)OC)C1CCOCC1. The molecule has 0 unspecified atom stereocenters. The molecule has 3 aromatic carbocycles. The van der Waals surface area contributed by atoms with E-state index in [2.05, 4.69) is 74.9 Å². The first-order valence-electron chi connectivity index (χ1n) is 23.7. The average molecular weight is 887 g/mol. The van der Waals surface area contributed by atoms with Crippen molar-refractivity contribution in [2.24, 2.45) is 17.8 Å². The van der Waals surface area contributed by atoms with E-state index in [1.807, 2.05) is 24.9 Å². The fraction of sp³-hybridized carbons (Fsp3) is 0.540. The predicted molar refractivity (Wildman–Crippen MR) is 246 cm³/mol. The van der Waals surface area contributed by atoms with E-state index < -0.39 is 12.1 Å². The Morgan fingerprint density at radius 3 is 2.49 bits per heavy atom. The molecule has 344 valence electrons. The highest BCUT2D eigenvalue weighted by Crippen LogP contribution is 2.49. The molecule has 15 nitrogen and oxygen atoms in total. The molecule has 1 aliphatic carbocycles. The Labute approximate surface area is 379 Å². The van der Waals surface area contributed by atoms with Crippen LogP contribution in [0, 0.1) is 17.8 Å². The third-order valence-electron chi connectivity index (χ3n) is 15.2. The maximum Gasteiger partial charge on any atom is 0.407 e. The molecule has 2 aromatic heterocycles. The number of benzene rings is 3. The smallest absolute Gasteiger partial charge is 0.407 e. The molecule has 1 saturated carbocycles. The van der Waals surface area contributed by atoms with Crippen LogP contribution in [0.5, 0.6) is 5.75 Å². The fourth-order valence-corrected chi connectivity index (χ4v) is 11.8. The number of fused-ring (bicyclic) bond motifs is 7. The summed E-state index contributed by atoms with van der Waals surface area (Å²) in [5.41, 5.74) is 7.05. The molecule has 0 radical (unpaired) electrons. The summed E-state index contributed by atoms with van der Waals surface area (Å²) >= 11 is 0. The Bertz CT molecular complexity index is 2580. The minimum atomic E-state index is -0.698. The number of amides is 3. The topological polar surface area (TPSA) is 176 Å². The number of nitrogens with zero attached hydrogens (tertiary/aromatic N) is 4. The summed E-state index contributed by atoms with van der Waals surface area (Å²) < 4.78 is 22.1. The highest BCUT2D eigenvalue weighted by Gasteiger charge is 2.49. The first kappa shape index (κ1) is 43.2. The van der Waals surface area contributed by atoms with Crippen LogP contribution < -0.4 is 15.4 Å². The molecule has 0 spiro atoms. The number of hydrogen-bond acceptors (Lipinski definition) is 10. The van der Waals surface area contributed by atoms with Gasteiger partial charge in [0.05, 0.1) is 49.2 Å². The molecule has 6 heterocycles. The number of aromatic nitrogens is 4. The van der Waals surface area contributed by atoms with Gasteiger partial charge in [-0.25, -0.2) is 19.6 Å². The first-order valence-corrected chi connectivity index (χ1v) is 23.7. The molecule has 4 aliphatic heterocycles. The number of alkyl carbamates (subject to hydrolysis) is 2. The normalized spacial score (nSPS) is 24.1. The van der Waals surface area contributed by atoms with Crippen LogP contribution in [0.25, 0.3) is 44.2 Å². The van der Waals surface area contributed by atoms with Crippen LogP contribution in [0.1, 0.15) is 108 Å². The number of ether oxygens (including phenoxy) is 4. The summed E-state index contributed by atoms with van der Waals surface area (Å²) in [6.45, 7) is 8.72. The number of methoxy groups -OCH3 is 2. The zero-order chi connectivity index (χ0) is 44.9. The van der Waals surface area contributed by atoms with E-state index in [4.69, 9.17) is 28.9 Å². The van der Waals surface area contributed by atoms with Gasteiger partial charge in [-0.2, -0.15) is 0 Å². The minimum absolute atomic E-state index is 0.0411. The molecule has 10 rings (SSSR count). The van der Waals surface area contributed by atoms with Crippen LogP contribution in [0.2, 0.25) is 0 Å². The van der Waals surface area contributed by atoms with Crippen molar-refractivity contribution in [2.45, 2.75) is 121 Å². The lowest BCUT2D eigenvalue weighted by Crippen LogP contribution is -2.53. The van der Waals surface area contributed by atoms with Crippen molar-refractivity contribution in [3.05, 3.63) is 65.9 Å². The Morgan fingerprint density at radius 1 is 0.892 bits per heavy atom. The zero-order valence-corrected chi connectivity index (χ0v) is 38.2. The second-order valence-corrected chi connectivity index (χ2v) is 19.2. The molecule has 7 atom stereocenters. The van der Waals surface area contributed by atoms with Gasteiger partial charge in [-0.05, 0) is 115 Å². The van der Waals surface area contributed by atoms with E-state index in [1.54, 1.807) is 0 Å². The van der Waals surface area contributed by atoms with E-state index in [0.717, 1.165) is 131 Å². The second-order valence-electron chi connectivity index (χ2n) is 19.2. The number of carbonyl (C=O) groups excluding carboxylic acids is 3. The number of rotatable bonds is 11. The predicted octanol–water partition coefficient (Wildman–Crippen LogP) is 8.56. The largest absolute Gasteiger partial charge is 0.488 e. The number of likely N-dealkylation sites (tertiary alicyclic amines) is 2. The Morgan fingerprint density at radius 2 is 1.71 bits per heavy atom. The van der Waals surface area contributed by atoms with E-state index in [0.29, 0.717) is 37.7 Å². The molecular formula is C50H62N8O7. The standard InChI is InChI=1S/C50H62N8O7/c1-6-33-12-15-41(57(33)25-39(54-49(60)62-4)28-16-18-64-19-17-28)46-51-24-38(53-46)30-10-13-34-32(20-30)26-65-43-23-35-29(21-36(34)43)11-14-37-45(35)55-47(52-37)42-22-31-8-7-9-40(31)58(42)48(59)44(27(2)3)56-50(61)63-5/h10-11,13-14,20-21,23-24,27-28,31,33,39-42,44H,6-9,12,15-19,22,25-26H2,1-5H3,(H,51,53)(H,52,55)(H,54,60)(H,56,61)/t31-,33-,39+,40-,41-,42-,44-/m0/s1. The van der Waals surface area contributed by atoms with Crippen LogP contribution >= 0.6 is 0 Å². The highest BCUT2D eigenvalue weighted by molar-refractivity contribution is 6.07. The van der Waals surface area contributed by atoms with Crippen LogP contribution in [0.3, 0.4) is 0 Å². The summed E-state index contributed by atoms with van der Waals surface area (Å²) in [4.78, 5) is 61.2. The molecule has 3 amide bonds. The second kappa shape index (κ2) is 18.0. The Kier molecular flexibility index (Phi) is 11.9. The minimum Gasteiger partial charge on any atom is -0.488 e. The Balaban J connectivity index is 0.901. The monoisotopic (exact) mass is 886 g/mol.